The third kappa shape index (κ3) is 34.3. The van der Waals surface area contributed by atoms with Crippen LogP contribution in [0.1, 0.15) is 208 Å². The molecule has 0 aliphatic carbocycles. The number of para-hydroxylation sites is 1. The topological polar surface area (TPSA) is 586 Å². The van der Waals surface area contributed by atoms with Gasteiger partial charge in [-0.2, -0.15) is 0 Å². The number of aryl methyl sites for hydroxylation is 1. The molecule has 712 valence electrons. The van der Waals surface area contributed by atoms with Crippen molar-refractivity contribution in [2.45, 2.75) is 281 Å². The highest BCUT2D eigenvalue weighted by Gasteiger charge is 2.47. The van der Waals surface area contributed by atoms with E-state index in [-0.39, 0.29) is 114 Å². The van der Waals surface area contributed by atoms with Gasteiger partial charge in [0, 0.05) is 98.0 Å². The summed E-state index contributed by atoms with van der Waals surface area (Å²) in [5, 5.41) is 40.7. The Hall–Kier alpha value is -11.1. The number of aliphatic hydroxyl groups is 1. The number of H-pyrrole nitrogens is 1. The summed E-state index contributed by atoms with van der Waals surface area (Å²) in [6, 6.07) is 10.5. The summed E-state index contributed by atoms with van der Waals surface area (Å²) in [6.45, 7) is 19.0. The zero-order chi connectivity index (χ0) is 96.5. The first kappa shape index (κ1) is 108. The molecule has 37 heteroatoms. The molecule has 1 fully saturated rings. The van der Waals surface area contributed by atoms with E-state index < -0.39 is 208 Å². The van der Waals surface area contributed by atoms with Crippen molar-refractivity contribution < 1.29 is 91.4 Å². The Morgan fingerprint density at radius 1 is 0.592 bits per heavy atom. The molecule has 1 saturated heterocycles. The fraction of sp³-hybridized carbons (Fsp3) is 0.559. The van der Waals surface area contributed by atoms with Gasteiger partial charge in [0.25, 0.3) is 0 Å². The zero-order valence-electron chi connectivity index (χ0n) is 76.6. The number of carbonyl (C=O) groups excluding carboxylic acids is 17. The number of rotatable bonds is 48. The number of aromatic amines is 1. The number of Topliss-reactive ketones (excluding diaryl/α,β-unsaturated/α-hetero) is 4. The standard InChI is InChI=1S/C93H134N16O19S2/c1-52(2)41-70(82(98)119)104-84(121)63(48-76(96)117)46-73(114)67(28-18-21-39-99-56(6)112)107-90(127)93(12,36-19-20-37-94)50-75(116)69(44-59-30-33-60-25-16-17-26-61(60)43-59)103-83(120)62(42-58-31-34-65(35-32-58)128-40-38-95)47-74(115)80-91(8,9)129-130-92(10,11)81(101-57(7)113)89(126)106-72(49-77(97)118)87(124)108-79(55(5)111)88(125)105-71(45-64-51-100-78-53(3)23-22-27-66(64)78)86(123)102-68(85(122)109-80)29-15-13-14-24-54(4)110/h16-17,22-23,25-27,30-35,43,51-52,55,62-63,67-72,79-81,100,111H,13-15,18-21,24,28-29,36-42,44-50,94-95H2,1-12H3,(H2,96,117)(H2,97,118)(H2,98,119)(H,99,112)(H,101,113)(H,102,123)(H,103,120)(H,104,121)(H,105,125)(H,106,126)(H,107,127)(H,108,124)(H,109,122)/t55-,62-,63+,67+,68+,69+,70-,71+,72+,79+,80-,81-,93-/m1/s1. The van der Waals surface area contributed by atoms with Gasteiger partial charge in [-0.05, 0) is 170 Å². The van der Waals surface area contributed by atoms with Crippen molar-refractivity contribution in [2.75, 3.05) is 26.2 Å². The molecule has 35 nitrogen and oxygen atoms in total. The maximum atomic E-state index is 16.5. The van der Waals surface area contributed by atoms with E-state index in [1.54, 1.807) is 90.2 Å². The SMILES string of the molecule is CC(=O)CCCCC[C@@H]1NC(=O)[C@H](Cc2c[nH]c3c(C)cccc23)NC(=O)[C@H]([C@@H](C)O)NC(=O)[C@H](CC(N)=O)NC(=O)[C@@H](NC(C)=O)C(C)(C)SSC(C)(C)[C@@H](C(=O)C[C@@H](Cc2ccc(OCCN)cc2)C(=O)N[C@@H](Cc2ccc3ccccc3c2)C(=O)C[C@@](C)(CCCCN)C(=O)N[C@@H](CCCCNC(C)=O)C(=O)C[C@@H](CC(N)=O)C(=O)N[C@H](CC(C)C)C(N)=O)NC1=O. The number of carbonyl (C=O) groups is 17. The van der Waals surface area contributed by atoms with Gasteiger partial charge in [0.05, 0.1) is 35.9 Å². The lowest BCUT2D eigenvalue weighted by molar-refractivity contribution is -0.140. The zero-order valence-corrected chi connectivity index (χ0v) is 78.3. The fourth-order valence-electron chi connectivity index (χ4n) is 15.6. The highest BCUT2D eigenvalue weighted by molar-refractivity contribution is 8.77. The Morgan fingerprint density at radius 3 is 1.86 bits per heavy atom. The third-order valence-corrected chi connectivity index (χ3v) is 27.1. The van der Waals surface area contributed by atoms with E-state index in [0.717, 1.165) is 51.8 Å². The second-order valence-electron chi connectivity index (χ2n) is 35.7. The van der Waals surface area contributed by atoms with Crippen LogP contribution in [0.2, 0.25) is 0 Å². The summed E-state index contributed by atoms with van der Waals surface area (Å²) < 4.78 is 2.73. The lowest BCUT2D eigenvalue weighted by Crippen LogP contribution is -2.63. The number of nitrogens with one attached hydrogen (secondary N) is 11. The summed E-state index contributed by atoms with van der Waals surface area (Å²) in [7, 11) is 1.92. The normalized spacial score (nSPS) is 19.4. The molecule has 0 saturated carbocycles. The number of aliphatic hydroxyl groups excluding tert-OH is 1. The van der Waals surface area contributed by atoms with Crippen molar-refractivity contribution in [2.24, 2.45) is 51.8 Å². The van der Waals surface area contributed by atoms with E-state index in [2.05, 4.69) is 58.2 Å². The summed E-state index contributed by atoms with van der Waals surface area (Å²) in [6.07, 6.45) is -2.18. The average molecular weight is 1840 g/mol. The third-order valence-electron chi connectivity index (χ3n) is 22.9. The number of nitrogens with two attached hydrogens (primary N) is 5. The highest BCUT2D eigenvalue weighted by Crippen LogP contribution is 2.47. The molecule has 13 amide bonds. The van der Waals surface area contributed by atoms with Crippen LogP contribution in [-0.4, -0.2) is 206 Å². The van der Waals surface area contributed by atoms with Crippen molar-refractivity contribution in [3.05, 3.63) is 113 Å². The Bertz CT molecular complexity index is 4830. The summed E-state index contributed by atoms with van der Waals surface area (Å²) in [4.78, 5) is 248. The van der Waals surface area contributed by atoms with Crippen LogP contribution in [-0.2, 0) is 101 Å². The largest absolute Gasteiger partial charge is 0.492 e. The van der Waals surface area contributed by atoms with Crippen molar-refractivity contribution >= 4 is 143 Å². The predicted octanol–water partition coefficient (Wildman–Crippen LogP) is 4.08. The van der Waals surface area contributed by atoms with E-state index in [0.29, 0.717) is 59.0 Å². The second kappa shape index (κ2) is 51.4. The van der Waals surface area contributed by atoms with Gasteiger partial charge in [-0.25, -0.2) is 0 Å². The monoisotopic (exact) mass is 1840 g/mol. The lowest BCUT2D eigenvalue weighted by Gasteiger charge is -2.39. The van der Waals surface area contributed by atoms with Crippen LogP contribution in [0.15, 0.2) is 91.1 Å². The maximum Gasteiger partial charge on any atom is 0.245 e. The smallest absolute Gasteiger partial charge is 0.245 e. The molecular formula is C93H134N16O19S2. The van der Waals surface area contributed by atoms with Gasteiger partial charge in [-0.15, -0.1) is 0 Å². The minimum absolute atomic E-state index is 0.0225. The van der Waals surface area contributed by atoms with Gasteiger partial charge in [0.2, 0.25) is 76.8 Å². The van der Waals surface area contributed by atoms with Crippen molar-refractivity contribution in [3.8, 4) is 5.75 Å². The Labute approximate surface area is 767 Å². The molecule has 4 aromatic carbocycles. The first-order chi connectivity index (χ1) is 61.2. The number of unbranched alkanes of at least 4 members (excludes halogenated alkanes) is 4. The number of benzene rings is 4. The number of ketones is 4. The van der Waals surface area contributed by atoms with Gasteiger partial charge in [0.1, 0.15) is 60.4 Å². The number of primary amides is 3. The molecule has 22 N–H and O–H groups in total. The quantitative estimate of drug-likeness (QED) is 0.0193. The number of hydrogen-bond acceptors (Lipinski definition) is 23. The van der Waals surface area contributed by atoms with Gasteiger partial charge in [-0.3, -0.25) is 76.7 Å². The van der Waals surface area contributed by atoms with Gasteiger partial charge < -0.3 is 101 Å². The van der Waals surface area contributed by atoms with Gasteiger partial charge in [0.15, 0.2) is 17.3 Å². The number of fused-ring (bicyclic) bond motifs is 2. The van der Waals surface area contributed by atoms with Crippen molar-refractivity contribution in [1.29, 1.82) is 0 Å². The molecule has 0 spiro atoms. The van der Waals surface area contributed by atoms with E-state index in [9.17, 15) is 57.8 Å². The van der Waals surface area contributed by atoms with E-state index in [1.807, 2.05) is 49.4 Å². The molecule has 13 atom stereocenters. The number of hydrogen-bond donors (Lipinski definition) is 17. The molecule has 2 heterocycles. The Morgan fingerprint density at radius 2 is 1.23 bits per heavy atom. The molecule has 1 aliphatic rings. The van der Waals surface area contributed by atoms with Crippen molar-refractivity contribution in [3.63, 3.8) is 0 Å². The fourth-order valence-corrected chi connectivity index (χ4v) is 18.5. The Kier molecular flexibility index (Phi) is 42.6. The lowest BCUT2D eigenvalue weighted by atomic mass is 9.77. The molecule has 0 bridgehead atoms. The first-order valence-corrected chi connectivity index (χ1v) is 46.5. The summed E-state index contributed by atoms with van der Waals surface area (Å²) >= 11 is 0. The van der Waals surface area contributed by atoms with Crippen LogP contribution in [0.4, 0.5) is 0 Å². The molecule has 130 heavy (non-hydrogen) atoms. The van der Waals surface area contributed by atoms with Crippen LogP contribution in [0.5, 0.6) is 5.75 Å². The number of amides is 13. The van der Waals surface area contributed by atoms with E-state index in [1.165, 1.54) is 20.8 Å². The van der Waals surface area contributed by atoms with Crippen LogP contribution in [0.25, 0.3) is 21.7 Å². The highest BCUT2D eigenvalue weighted by atomic mass is 33.1. The van der Waals surface area contributed by atoms with Crippen molar-refractivity contribution in [1.82, 2.24) is 58.2 Å². The van der Waals surface area contributed by atoms with Gasteiger partial charge in [-0.1, -0.05) is 134 Å². The molecule has 5 aromatic rings. The molecule has 1 aromatic heterocycles. The number of aromatic nitrogens is 1. The average Bonchev–Trinajstić information content (AvgIpc) is 1.42. The molecule has 0 radical (unpaired) electrons. The molecule has 0 unspecified atom stereocenters. The molecular weight excluding hydrogens is 1710 g/mol. The van der Waals surface area contributed by atoms with Crippen LogP contribution < -0.4 is 86.6 Å². The molecule has 1 aliphatic heterocycles. The minimum Gasteiger partial charge on any atom is -0.492 e. The summed E-state index contributed by atoms with van der Waals surface area (Å²) in [5.41, 5.74) is 30.2. The first-order valence-electron chi connectivity index (χ1n) is 44.3. The van der Waals surface area contributed by atoms with Gasteiger partial charge >= 0.3 is 0 Å². The van der Waals surface area contributed by atoms with E-state index >= 15 is 28.8 Å². The Balaban J connectivity index is 1.54. The van der Waals surface area contributed by atoms with E-state index in [4.69, 9.17) is 33.4 Å². The van der Waals surface area contributed by atoms with Crippen LogP contribution in [0, 0.1) is 30.1 Å². The number of ether oxygens (including phenoxy) is 1. The predicted molar refractivity (Wildman–Crippen MR) is 497 cm³/mol. The van der Waals surface area contributed by atoms with Crippen LogP contribution >= 0.6 is 21.6 Å². The molecule has 6 rings (SSSR count). The minimum atomic E-state index is -1.91. The second-order valence-corrected chi connectivity index (χ2v) is 39.2. The van der Waals surface area contributed by atoms with Crippen LogP contribution in [0.3, 0.4) is 0 Å². The maximum absolute atomic E-state index is 16.5. The summed E-state index contributed by atoms with van der Waals surface area (Å²) in [5.74, 6) is -16.7.